The van der Waals surface area contributed by atoms with Crippen LogP contribution in [-0.4, -0.2) is 36.1 Å². The summed E-state index contributed by atoms with van der Waals surface area (Å²) in [6, 6.07) is 2.38. The molecule has 1 aliphatic carbocycles. The molecule has 3 unspecified atom stereocenters. The van der Waals surface area contributed by atoms with Crippen molar-refractivity contribution < 1.29 is 0 Å². The maximum absolute atomic E-state index is 3.84. The van der Waals surface area contributed by atoms with E-state index >= 15 is 0 Å². The van der Waals surface area contributed by atoms with Gasteiger partial charge in [0.1, 0.15) is 0 Å². The minimum Gasteiger partial charge on any atom is -0.312 e. The molecule has 2 heteroatoms. The van der Waals surface area contributed by atoms with Gasteiger partial charge in [-0.05, 0) is 52.1 Å². The Morgan fingerprint density at radius 2 is 1.78 bits per heavy atom. The highest BCUT2D eigenvalue weighted by Gasteiger charge is 2.32. The maximum Gasteiger partial charge on any atom is 0.0252 e. The molecule has 2 fully saturated rings. The summed E-state index contributed by atoms with van der Waals surface area (Å²) >= 11 is 0. The van der Waals surface area contributed by atoms with Gasteiger partial charge < -0.3 is 5.32 Å². The van der Waals surface area contributed by atoms with Crippen LogP contribution < -0.4 is 5.32 Å². The lowest BCUT2D eigenvalue weighted by Gasteiger charge is -2.43. The molecule has 2 nitrogen and oxygen atoms in total. The van der Waals surface area contributed by atoms with Crippen LogP contribution in [0.25, 0.3) is 0 Å². The Labute approximate surface area is 114 Å². The molecule has 18 heavy (non-hydrogen) atoms. The Morgan fingerprint density at radius 3 is 2.56 bits per heavy atom. The number of hydrogen-bond donors (Lipinski definition) is 1. The molecule has 0 spiro atoms. The molecule has 1 N–H and O–H groups in total. The quantitative estimate of drug-likeness (QED) is 0.770. The maximum atomic E-state index is 3.84. The van der Waals surface area contributed by atoms with Crippen LogP contribution in [0.1, 0.15) is 71.6 Å². The smallest absolute Gasteiger partial charge is 0.0252 e. The molecule has 0 amide bonds. The molecule has 1 heterocycles. The number of nitrogens with zero attached hydrogens (tertiary/aromatic N) is 1. The van der Waals surface area contributed by atoms with Crippen molar-refractivity contribution in [1.82, 2.24) is 10.2 Å². The molecule has 3 atom stereocenters. The first-order valence-corrected chi connectivity index (χ1v) is 8.32. The summed E-state index contributed by atoms with van der Waals surface area (Å²) in [5.41, 5.74) is 0. The Morgan fingerprint density at radius 1 is 1.00 bits per heavy atom. The second-order valence-corrected chi connectivity index (χ2v) is 6.35. The molecule has 106 valence electrons. The van der Waals surface area contributed by atoms with E-state index < -0.39 is 0 Å². The lowest BCUT2D eigenvalue weighted by Crippen LogP contribution is -2.54. The fourth-order valence-corrected chi connectivity index (χ4v) is 3.87. The molecule has 1 saturated heterocycles. The van der Waals surface area contributed by atoms with Crippen molar-refractivity contribution in [3.05, 3.63) is 0 Å². The van der Waals surface area contributed by atoms with Gasteiger partial charge >= 0.3 is 0 Å². The van der Waals surface area contributed by atoms with E-state index in [2.05, 4.69) is 24.1 Å². The van der Waals surface area contributed by atoms with Gasteiger partial charge in [-0.25, -0.2) is 0 Å². The Hall–Kier alpha value is -0.0800. The van der Waals surface area contributed by atoms with Crippen molar-refractivity contribution in [3.63, 3.8) is 0 Å². The molecule has 0 aromatic heterocycles. The second kappa shape index (κ2) is 7.49. The number of hydrogen-bond acceptors (Lipinski definition) is 2. The van der Waals surface area contributed by atoms with Gasteiger partial charge in [0.15, 0.2) is 0 Å². The molecule has 1 aliphatic heterocycles. The summed E-state index contributed by atoms with van der Waals surface area (Å²) in [6.07, 6.45) is 12.7. The van der Waals surface area contributed by atoms with Crippen LogP contribution in [0.2, 0.25) is 0 Å². The van der Waals surface area contributed by atoms with Gasteiger partial charge in [-0.3, -0.25) is 4.90 Å². The standard InChI is InChI=1S/C16H32N2/c1-3-12-17-15-10-5-4-6-11-16(15)18-13-8-7-9-14(18)2/h14-17H,3-13H2,1-2H3. The number of rotatable bonds is 4. The summed E-state index contributed by atoms with van der Waals surface area (Å²) in [6.45, 7) is 7.27. The van der Waals surface area contributed by atoms with E-state index in [1.165, 1.54) is 70.9 Å². The van der Waals surface area contributed by atoms with Gasteiger partial charge in [0, 0.05) is 18.1 Å². The predicted molar refractivity (Wildman–Crippen MR) is 79.0 cm³/mol. The van der Waals surface area contributed by atoms with Crippen molar-refractivity contribution in [2.45, 2.75) is 89.8 Å². The summed E-state index contributed by atoms with van der Waals surface area (Å²) in [7, 11) is 0. The van der Waals surface area contributed by atoms with Crippen molar-refractivity contribution in [1.29, 1.82) is 0 Å². The zero-order valence-electron chi connectivity index (χ0n) is 12.5. The second-order valence-electron chi connectivity index (χ2n) is 6.35. The normalized spacial score (nSPS) is 35.3. The summed E-state index contributed by atoms with van der Waals surface area (Å²) in [4.78, 5) is 2.84. The molecular weight excluding hydrogens is 220 g/mol. The van der Waals surface area contributed by atoms with Crippen molar-refractivity contribution >= 4 is 0 Å². The van der Waals surface area contributed by atoms with Crippen LogP contribution in [0, 0.1) is 0 Å². The van der Waals surface area contributed by atoms with Gasteiger partial charge in [-0.2, -0.15) is 0 Å². The third-order valence-electron chi connectivity index (χ3n) is 4.92. The van der Waals surface area contributed by atoms with E-state index in [1.807, 2.05) is 0 Å². The van der Waals surface area contributed by atoms with E-state index in [-0.39, 0.29) is 0 Å². The molecule has 0 aromatic carbocycles. The molecular formula is C16H32N2. The highest BCUT2D eigenvalue weighted by Crippen LogP contribution is 2.28. The van der Waals surface area contributed by atoms with Crippen LogP contribution in [0.3, 0.4) is 0 Å². The van der Waals surface area contributed by atoms with Crippen LogP contribution >= 0.6 is 0 Å². The molecule has 0 bridgehead atoms. The third-order valence-corrected chi connectivity index (χ3v) is 4.92. The molecule has 0 radical (unpaired) electrons. The van der Waals surface area contributed by atoms with Crippen LogP contribution in [0.4, 0.5) is 0 Å². The van der Waals surface area contributed by atoms with Crippen molar-refractivity contribution in [2.24, 2.45) is 0 Å². The van der Waals surface area contributed by atoms with E-state index in [9.17, 15) is 0 Å². The lowest BCUT2D eigenvalue weighted by molar-refractivity contribution is 0.0764. The monoisotopic (exact) mass is 252 g/mol. The molecule has 0 aromatic rings. The minimum absolute atomic E-state index is 0.757. The van der Waals surface area contributed by atoms with Crippen LogP contribution in [-0.2, 0) is 0 Å². The van der Waals surface area contributed by atoms with Crippen LogP contribution in [0.5, 0.6) is 0 Å². The summed E-state index contributed by atoms with van der Waals surface area (Å²) in [5.74, 6) is 0. The van der Waals surface area contributed by atoms with E-state index in [0.717, 1.165) is 18.1 Å². The van der Waals surface area contributed by atoms with E-state index in [1.54, 1.807) is 0 Å². The van der Waals surface area contributed by atoms with E-state index in [0.29, 0.717) is 0 Å². The zero-order chi connectivity index (χ0) is 12.8. The van der Waals surface area contributed by atoms with Gasteiger partial charge in [-0.15, -0.1) is 0 Å². The lowest BCUT2D eigenvalue weighted by atomic mass is 9.94. The first kappa shape index (κ1) is 14.3. The first-order valence-electron chi connectivity index (χ1n) is 8.32. The predicted octanol–water partition coefficient (Wildman–Crippen LogP) is 3.56. The summed E-state index contributed by atoms with van der Waals surface area (Å²) < 4.78 is 0. The fraction of sp³-hybridized carbons (Fsp3) is 1.00. The van der Waals surface area contributed by atoms with Gasteiger partial charge in [-0.1, -0.05) is 32.6 Å². The zero-order valence-corrected chi connectivity index (χ0v) is 12.5. The van der Waals surface area contributed by atoms with Gasteiger partial charge in [0.25, 0.3) is 0 Å². The number of piperidine rings is 1. The largest absolute Gasteiger partial charge is 0.312 e. The van der Waals surface area contributed by atoms with Crippen molar-refractivity contribution in [2.75, 3.05) is 13.1 Å². The number of likely N-dealkylation sites (tertiary alicyclic amines) is 1. The molecule has 1 saturated carbocycles. The molecule has 2 rings (SSSR count). The first-order chi connectivity index (χ1) is 8.83. The summed E-state index contributed by atoms with van der Waals surface area (Å²) in [5, 5.41) is 3.84. The molecule has 2 aliphatic rings. The fourth-order valence-electron chi connectivity index (χ4n) is 3.87. The van der Waals surface area contributed by atoms with Gasteiger partial charge in [0.05, 0.1) is 0 Å². The van der Waals surface area contributed by atoms with E-state index in [4.69, 9.17) is 0 Å². The Balaban J connectivity index is 1.99. The average Bonchev–Trinajstić information content (AvgIpc) is 2.62. The highest BCUT2D eigenvalue weighted by molar-refractivity contribution is 4.90. The average molecular weight is 252 g/mol. The highest BCUT2D eigenvalue weighted by atomic mass is 15.2. The van der Waals surface area contributed by atoms with Gasteiger partial charge in [0.2, 0.25) is 0 Å². The SMILES string of the molecule is CCCNC1CCCCCC1N1CCCCC1C. The van der Waals surface area contributed by atoms with Crippen molar-refractivity contribution in [3.8, 4) is 0 Å². The van der Waals surface area contributed by atoms with Crippen LogP contribution in [0.15, 0.2) is 0 Å². The Bertz CT molecular complexity index is 229. The third kappa shape index (κ3) is 3.71. The minimum atomic E-state index is 0.757. The Kier molecular flexibility index (Phi) is 5.97. The number of nitrogens with one attached hydrogen (secondary N) is 1. The topological polar surface area (TPSA) is 15.3 Å².